The summed E-state index contributed by atoms with van der Waals surface area (Å²) in [6.07, 6.45) is 0.764. The van der Waals surface area contributed by atoms with E-state index in [4.69, 9.17) is 4.74 Å². The van der Waals surface area contributed by atoms with Gasteiger partial charge in [0.1, 0.15) is 5.75 Å². The maximum Gasteiger partial charge on any atom is 0.122 e. The second-order valence-corrected chi connectivity index (χ2v) is 5.51. The molecule has 1 atom stereocenters. The fraction of sp³-hybridized carbons (Fsp3) is 0.600. The van der Waals surface area contributed by atoms with Crippen molar-refractivity contribution in [1.82, 2.24) is 0 Å². The molecule has 2 heteroatoms. The van der Waals surface area contributed by atoms with E-state index in [2.05, 4.69) is 13.8 Å². The van der Waals surface area contributed by atoms with Crippen LogP contribution in [0.4, 0.5) is 0 Å². The number of aryl methyl sites for hydroxylation is 2. The molecule has 0 aromatic heterocycles. The van der Waals surface area contributed by atoms with Gasteiger partial charge in [0.05, 0.1) is 12.7 Å². The Morgan fingerprint density at radius 1 is 1.24 bits per heavy atom. The van der Waals surface area contributed by atoms with Crippen LogP contribution in [-0.4, -0.2) is 12.2 Å². The lowest BCUT2D eigenvalue weighted by Gasteiger charge is -2.28. The van der Waals surface area contributed by atoms with E-state index in [1.54, 1.807) is 7.11 Å². The van der Waals surface area contributed by atoms with Gasteiger partial charge in [-0.2, -0.15) is 0 Å². The second-order valence-electron chi connectivity index (χ2n) is 5.51. The third-order valence-corrected chi connectivity index (χ3v) is 3.13. The zero-order chi connectivity index (χ0) is 13.2. The number of ether oxygens (including phenoxy) is 1. The molecule has 0 heterocycles. The maximum absolute atomic E-state index is 10.6. The van der Waals surface area contributed by atoms with E-state index in [1.165, 1.54) is 0 Å². The summed E-state index contributed by atoms with van der Waals surface area (Å²) < 4.78 is 5.29. The van der Waals surface area contributed by atoms with E-state index in [9.17, 15) is 5.11 Å². The molecule has 2 nitrogen and oxygen atoms in total. The Balaban J connectivity index is 3.18. The third-order valence-electron chi connectivity index (χ3n) is 3.13. The van der Waals surface area contributed by atoms with Crippen LogP contribution in [-0.2, 0) is 5.60 Å². The van der Waals surface area contributed by atoms with Crippen LogP contribution >= 0.6 is 0 Å². The zero-order valence-electron chi connectivity index (χ0n) is 11.8. The minimum absolute atomic E-state index is 0.465. The van der Waals surface area contributed by atoms with Crippen molar-refractivity contribution in [3.05, 3.63) is 28.8 Å². The van der Waals surface area contributed by atoms with E-state index < -0.39 is 5.60 Å². The first-order chi connectivity index (χ1) is 7.77. The Morgan fingerprint density at radius 3 is 2.29 bits per heavy atom. The topological polar surface area (TPSA) is 29.5 Å². The van der Waals surface area contributed by atoms with Crippen LogP contribution in [0.5, 0.6) is 5.75 Å². The molecule has 96 valence electrons. The highest BCUT2D eigenvalue weighted by Gasteiger charge is 2.26. The van der Waals surface area contributed by atoms with Gasteiger partial charge in [0.25, 0.3) is 0 Å². The zero-order valence-corrected chi connectivity index (χ0v) is 11.8. The van der Waals surface area contributed by atoms with Crippen LogP contribution in [0, 0.1) is 19.8 Å². The van der Waals surface area contributed by atoms with Crippen LogP contribution < -0.4 is 4.74 Å². The highest BCUT2D eigenvalue weighted by Crippen LogP contribution is 2.33. The number of aliphatic hydroxyl groups is 1. The van der Waals surface area contributed by atoms with Gasteiger partial charge in [0.2, 0.25) is 0 Å². The van der Waals surface area contributed by atoms with Gasteiger partial charge in [-0.3, -0.25) is 0 Å². The lowest BCUT2D eigenvalue weighted by Crippen LogP contribution is -2.24. The Bertz CT molecular complexity index is 392. The lowest BCUT2D eigenvalue weighted by atomic mass is 9.84. The molecule has 0 aliphatic rings. The van der Waals surface area contributed by atoms with Crippen LogP contribution in [0.2, 0.25) is 0 Å². The highest BCUT2D eigenvalue weighted by molar-refractivity contribution is 5.43. The first-order valence-electron chi connectivity index (χ1n) is 6.16. The number of benzene rings is 1. The fourth-order valence-corrected chi connectivity index (χ4v) is 2.49. The van der Waals surface area contributed by atoms with E-state index in [0.717, 1.165) is 28.9 Å². The van der Waals surface area contributed by atoms with Crippen molar-refractivity contribution in [2.45, 2.75) is 46.6 Å². The van der Waals surface area contributed by atoms with Crippen molar-refractivity contribution in [3.63, 3.8) is 0 Å². The normalized spacial score (nSPS) is 14.8. The van der Waals surface area contributed by atoms with Crippen molar-refractivity contribution in [3.8, 4) is 5.75 Å². The largest absolute Gasteiger partial charge is 0.496 e. The summed E-state index contributed by atoms with van der Waals surface area (Å²) in [5.74, 6) is 1.35. The van der Waals surface area contributed by atoms with Crippen molar-refractivity contribution >= 4 is 0 Å². The fourth-order valence-electron chi connectivity index (χ4n) is 2.49. The summed E-state index contributed by atoms with van der Waals surface area (Å²) in [6, 6.07) is 4.04. The smallest absolute Gasteiger partial charge is 0.122 e. The van der Waals surface area contributed by atoms with Crippen LogP contribution in [0.15, 0.2) is 12.1 Å². The molecule has 0 saturated carbocycles. The predicted octanol–water partition coefficient (Wildman–Crippen LogP) is 3.57. The molecule has 1 unspecified atom stereocenters. The van der Waals surface area contributed by atoms with E-state index in [0.29, 0.717) is 5.92 Å². The average molecular weight is 236 g/mol. The number of methoxy groups -OCH3 is 1. The third kappa shape index (κ3) is 3.22. The second kappa shape index (κ2) is 5.09. The molecule has 1 aromatic rings. The molecule has 0 saturated heterocycles. The van der Waals surface area contributed by atoms with Crippen LogP contribution in [0.1, 0.15) is 43.9 Å². The Morgan fingerprint density at radius 2 is 1.82 bits per heavy atom. The molecule has 1 aromatic carbocycles. The van der Waals surface area contributed by atoms with E-state index in [1.807, 2.05) is 32.9 Å². The van der Waals surface area contributed by atoms with Gasteiger partial charge in [-0.05, 0) is 61.9 Å². The summed E-state index contributed by atoms with van der Waals surface area (Å²) in [5, 5.41) is 10.6. The van der Waals surface area contributed by atoms with E-state index >= 15 is 0 Å². The number of hydrogen-bond donors (Lipinski definition) is 1. The summed E-state index contributed by atoms with van der Waals surface area (Å²) in [7, 11) is 1.67. The molecule has 0 bridgehead atoms. The molecule has 0 aliphatic heterocycles. The minimum atomic E-state index is -0.769. The molecule has 1 rings (SSSR count). The van der Waals surface area contributed by atoms with Gasteiger partial charge in [-0.1, -0.05) is 13.8 Å². The molecule has 0 spiro atoms. The molecule has 0 fully saturated rings. The lowest BCUT2D eigenvalue weighted by molar-refractivity contribution is 0.0342. The van der Waals surface area contributed by atoms with Crippen molar-refractivity contribution in [2.75, 3.05) is 7.11 Å². The van der Waals surface area contributed by atoms with Gasteiger partial charge >= 0.3 is 0 Å². The summed E-state index contributed by atoms with van der Waals surface area (Å²) in [4.78, 5) is 0. The Hall–Kier alpha value is -1.02. The summed E-state index contributed by atoms with van der Waals surface area (Å²) >= 11 is 0. The van der Waals surface area contributed by atoms with Crippen molar-refractivity contribution in [2.24, 2.45) is 5.92 Å². The van der Waals surface area contributed by atoms with Gasteiger partial charge in [0.15, 0.2) is 0 Å². The van der Waals surface area contributed by atoms with Gasteiger partial charge in [0, 0.05) is 0 Å². The highest BCUT2D eigenvalue weighted by atomic mass is 16.5. The van der Waals surface area contributed by atoms with E-state index in [-0.39, 0.29) is 0 Å². The summed E-state index contributed by atoms with van der Waals surface area (Å²) in [5.41, 5.74) is 2.38. The molecule has 0 amide bonds. The quantitative estimate of drug-likeness (QED) is 0.866. The number of hydrogen-bond acceptors (Lipinski definition) is 2. The molecule has 1 N–H and O–H groups in total. The average Bonchev–Trinajstić information content (AvgIpc) is 2.18. The Kier molecular flexibility index (Phi) is 4.21. The van der Waals surface area contributed by atoms with Crippen molar-refractivity contribution in [1.29, 1.82) is 0 Å². The van der Waals surface area contributed by atoms with Crippen molar-refractivity contribution < 1.29 is 9.84 Å². The molecule has 0 aliphatic carbocycles. The first kappa shape index (κ1) is 14.0. The molecule has 17 heavy (non-hydrogen) atoms. The maximum atomic E-state index is 10.6. The summed E-state index contributed by atoms with van der Waals surface area (Å²) in [6.45, 7) is 10.2. The van der Waals surface area contributed by atoms with Gasteiger partial charge < -0.3 is 9.84 Å². The minimum Gasteiger partial charge on any atom is -0.496 e. The predicted molar refractivity (Wildman–Crippen MR) is 71.5 cm³/mol. The standard InChI is InChI=1S/C15H24O2/c1-10(2)9-15(5,16)13-7-12(4)14(17-6)8-11(13)3/h7-8,10,16H,9H2,1-6H3. The Labute approximate surface area is 105 Å². The molecule has 0 radical (unpaired) electrons. The first-order valence-corrected chi connectivity index (χ1v) is 6.16. The molecular formula is C15H24O2. The van der Waals surface area contributed by atoms with Crippen LogP contribution in [0.3, 0.4) is 0 Å². The number of rotatable bonds is 4. The van der Waals surface area contributed by atoms with Crippen LogP contribution in [0.25, 0.3) is 0 Å². The molecular weight excluding hydrogens is 212 g/mol. The van der Waals surface area contributed by atoms with Gasteiger partial charge in [-0.25, -0.2) is 0 Å². The monoisotopic (exact) mass is 236 g/mol. The SMILES string of the molecule is COc1cc(C)c(C(C)(O)CC(C)C)cc1C. The van der Waals surface area contributed by atoms with Gasteiger partial charge in [-0.15, -0.1) is 0 Å².